The van der Waals surface area contributed by atoms with Crippen LogP contribution in [0.4, 0.5) is 0 Å². The Balaban J connectivity index is 1.79. The molecule has 0 atom stereocenters. The summed E-state index contributed by atoms with van der Waals surface area (Å²) in [5, 5.41) is 0. The maximum absolute atomic E-state index is 13.7. The van der Waals surface area contributed by atoms with Crippen LogP contribution >= 0.6 is 0 Å². The number of carbonyl (C=O) groups is 1. The summed E-state index contributed by atoms with van der Waals surface area (Å²) in [6.45, 7) is 0.236. The Bertz CT molecular complexity index is 1220. The van der Waals surface area contributed by atoms with E-state index in [-0.39, 0.29) is 36.1 Å². The van der Waals surface area contributed by atoms with Gasteiger partial charge in [0.1, 0.15) is 23.0 Å². The van der Waals surface area contributed by atoms with Crippen molar-refractivity contribution < 1.29 is 27.1 Å². The molecule has 2 aromatic carbocycles. The van der Waals surface area contributed by atoms with Gasteiger partial charge in [-0.05, 0) is 23.8 Å². The van der Waals surface area contributed by atoms with Gasteiger partial charge in [-0.25, -0.2) is 8.42 Å². The van der Waals surface area contributed by atoms with E-state index in [4.69, 9.17) is 13.9 Å². The monoisotopic (exact) mass is 453 g/mol. The molecule has 0 saturated heterocycles. The molecule has 0 bridgehead atoms. The Labute approximate surface area is 186 Å². The van der Waals surface area contributed by atoms with E-state index in [0.29, 0.717) is 17.1 Å². The van der Waals surface area contributed by atoms with Crippen molar-refractivity contribution >= 4 is 20.6 Å². The number of hydrogen-bond acceptors (Lipinski definition) is 6. The fourth-order valence-corrected chi connectivity index (χ4v) is 5.03. The fraction of sp³-hybridized carbons (Fsp3) is 0.208. The van der Waals surface area contributed by atoms with Crippen LogP contribution in [0.25, 0.3) is 4.91 Å². The van der Waals surface area contributed by atoms with Crippen LogP contribution in [0.2, 0.25) is 0 Å². The molecule has 0 radical (unpaired) electrons. The highest BCUT2D eigenvalue weighted by molar-refractivity contribution is 8.00. The van der Waals surface area contributed by atoms with Crippen molar-refractivity contribution in [2.75, 3.05) is 19.5 Å². The van der Waals surface area contributed by atoms with Gasteiger partial charge in [0, 0.05) is 5.56 Å². The number of hydrogen-bond donors (Lipinski definition) is 0. The van der Waals surface area contributed by atoms with E-state index in [9.17, 15) is 13.2 Å². The summed E-state index contributed by atoms with van der Waals surface area (Å²) in [6.07, 6.45) is 1.53. The van der Waals surface area contributed by atoms with E-state index in [1.165, 1.54) is 11.2 Å². The van der Waals surface area contributed by atoms with E-state index >= 15 is 0 Å². The average molecular weight is 454 g/mol. The van der Waals surface area contributed by atoms with E-state index in [1.54, 1.807) is 55.6 Å². The topological polar surface area (TPSA) is 86.0 Å². The lowest BCUT2D eigenvalue weighted by molar-refractivity contribution is -0.132. The van der Waals surface area contributed by atoms with Gasteiger partial charge in [0.15, 0.2) is 9.84 Å². The summed E-state index contributed by atoms with van der Waals surface area (Å²) in [5.41, 5.74) is 1.20. The van der Waals surface area contributed by atoms with Gasteiger partial charge in [0.25, 0.3) is 5.91 Å². The third kappa shape index (κ3) is 4.55. The van der Waals surface area contributed by atoms with Crippen molar-refractivity contribution in [2.24, 2.45) is 0 Å². The van der Waals surface area contributed by atoms with Crippen LogP contribution in [0.5, 0.6) is 5.75 Å². The van der Waals surface area contributed by atoms with Gasteiger partial charge in [-0.3, -0.25) is 4.79 Å². The number of ether oxygens (including phenoxy) is 2. The lowest BCUT2D eigenvalue weighted by Crippen LogP contribution is -2.35. The summed E-state index contributed by atoms with van der Waals surface area (Å²) < 4.78 is 42.5. The number of benzene rings is 2. The summed E-state index contributed by atoms with van der Waals surface area (Å²) in [4.78, 5) is 15.1. The lowest BCUT2D eigenvalue weighted by Gasteiger charge is -2.27. The van der Waals surface area contributed by atoms with Crippen LogP contribution in [-0.2, 0) is 32.5 Å². The van der Waals surface area contributed by atoms with Crippen molar-refractivity contribution in [1.82, 2.24) is 4.90 Å². The molecule has 1 aliphatic rings. The molecule has 2 heterocycles. The maximum Gasteiger partial charge on any atom is 0.291 e. The summed E-state index contributed by atoms with van der Waals surface area (Å²) in [7, 11) is -2.13. The smallest absolute Gasteiger partial charge is 0.291 e. The van der Waals surface area contributed by atoms with Gasteiger partial charge in [-0.1, -0.05) is 48.5 Å². The highest BCUT2D eigenvalue weighted by Crippen LogP contribution is 2.32. The van der Waals surface area contributed by atoms with Crippen LogP contribution in [0.15, 0.2) is 83.2 Å². The number of carbonyl (C=O) groups excluding carboxylic acids is 1. The molecular formula is C24H23NO6S. The molecule has 0 spiro atoms. The van der Waals surface area contributed by atoms with Gasteiger partial charge in [0.05, 0.1) is 32.2 Å². The summed E-state index contributed by atoms with van der Waals surface area (Å²) in [6, 6.07) is 19.4. The van der Waals surface area contributed by atoms with Gasteiger partial charge >= 0.3 is 0 Å². The first-order valence-electron chi connectivity index (χ1n) is 10.1. The number of para-hydroxylation sites is 1. The minimum Gasteiger partial charge on any atom is -0.496 e. The van der Waals surface area contributed by atoms with Gasteiger partial charge < -0.3 is 18.8 Å². The molecule has 0 fully saturated rings. The van der Waals surface area contributed by atoms with Crippen molar-refractivity contribution in [1.29, 1.82) is 0 Å². The molecule has 8 heteroatoms. The summed E-state index contributed by atoms with van der Waals surface area (Å²) in [5.74, 6) is 0.296. The van der Waals surface area contributed by atoms with Crippen LogP contribution in [0, 0.1) is 0 Å². The summed E-state index contributed by atoms with van der Waals surface area (Å²) >= 11 is 0. The molecule has 0 aliphatic carbocycles. The van der Waals surface area contributed by atoms with Crippen molar-refractivity contribution in [3.63, 3.8) is 0 Å². The number of sulfone groups is 1. The highest BCUT2D eigenvalue weighted by Gasteiger charge is 2.35. The molecule has 0 unspecified atom stereocenters. The molecule has 7 nitrogen and oxygen atoms in total. The SMILES string of the molecule is COc1ccccc1CN(Cc1ccco1)C(=O)C1=C(c2ccccc2)S(=O)(=O)CCO1. The lowest BCUT2D eigenvalue weighted by atomic mass is 10.1. The van der Waals surface area contributed by atoms with E-state index < -0.39 is 15.7 Å². The Kier molecular flexibility index (Phi) is 6.32. The highest BCUT2D eigenvalue weighted by atomic mass is 32.2. The first-order valence-corrected chi connectivity index (χ1v) is 11.7. The Morgan fingerprint density at radius 1 is 1.00 bits per heavy atom. The Morgan fingerprint density at radius 2 is 1.75 bits per heavy atom. The first kappa shape index (κ1) is 21.7. The number of methoxy groups -OCH3 is 1. The van der Waals surface area contributed by atoms with Gasteiger partial charge in [0.2, 0.25) is 5.76 Å². The molecule has 4 rings (SSSR count). The molecule has 1 amide bonds. The number of rotatable bonds is 7. The Morgan fingerprint density at radius 3 is 2.47 bits per heavy atom. The van der Waals surface area contributed by atoms with Crippen LogP contribution in [-0.4, -0.2) is 38.7 Å². The van der Waals surface area contributed by atoms with Crippen molar-refractivity contribution in [3.8, 4) is 5.75 Å². The fourth-order valence-electron chi connectivity index (χ4n) is 3.59. The standard InChI is InChI=1S/C24H23NO6S/c1-29-21-12-6-5-10-19(21)16-25(17-20-11-7-13-30-20)24(26)22-23(18-8-3-2-4-9-18)32(27,28)15-14-31-22/h2-13H,14-17H2,1H3. The molecular weight excluding hydrogens is 430 g/mol. The number of furan rings is 1. The zero-order valence-corrected chi connectivity index (χ0v) is 18.4. The van der Waals surface area contributed by atoms with E-state index in [2.05, 4.69) is 0 Å². The van der Waals surface area contributed by atoms with E-state index in [1.807, 2.05) is 18.2 Å². The van der Waals surface area contributed by atoms with Crippen molar-refractivity contribution in [2.45, 2.75) is 13.1 Å². The second-order valence-corrected chi connectivity index (χ2v) is 9.29. The maximum atomic E-state index is 13.7. The second-order valence-electron chi connectivity index (χ2n) is 7.24. The first-order chi connectivity index (χ1) is 15.5. The van der Waals surface area contributed by atoms with Crippen LogP contribution in [0.3, 0.4) is 0 Å². The second kappa shape index (κ2) is 9.32. The third-order valence-corrected chi connectivity index (χ3v) is 6.86. The molecule has 3 aromatic rings. The molecule has 0 saturated carbocycles. The molecule has 166 valence electrons. The van der Waals surface area contributed by atoms with Crippen LogP contribution < -0.4 is 4.74 Å². The normalized spacial score (nSPS) is 15.2. The minimum absolute atomic E-state index is 0.0804. The zero-order valence-electron chi connectivity index (χ0n) is 17.6. The van der Waals surface area contributed by atoms with Gasteiger partial charge in [-0.2, -0.15) is 0 Å². The number of amides is 1. The minimum atomic E-state index is -3.69. The predicted octanol–water partition coefficient (Wildman–Crippen LogP) is 3.63. The number of nitrogens with zero attached hydrogens (tertiary/aromatic N) is 1. The van der Waals surface area contributed by atoms with Gasteiger partial charge in [-0.15, -0.1) is 0 Å². The third-order valence-electron chi connectivity index (χ3n) is 5.11. The molecule has 32 heavy (non-hydrogen) atoms. The average Bonchev–Trinajstić information content (AvgIpc) is 3.31. The predicted molar refractivity (Wildman–Crippen MR) is 119 cm³/mol. The molecule has 1 aromatic heterocycles. The molecule has 0 N–H and O–H groups in total. The van der Waals surface area contributed by atoms with Crippen molar-refractivity contribution in [3.05, 3.63) is 95.6 Å². The van der Waals surface area contributed by atoms with Crippen LogP contribution in [0.1, 0.15) is 16.9 Å². The Hall–Kier alpha value is -3.52. The largest absolute Gasteiger partial charge is 0.496 e. The van der Waals surface area contributed by atoms with E-state index in [0.717, 1.165) is 5.56 Å². The zero-order chi connectivity index (χ0) is 22.6. The quantitative estimate of drug-likeness (QED) is 0.543. The molecule has 1 aliphatic heterocycles.